The zero-order chi connectivity index (χ0) is 80.4. The summed E-state index contributed by atoms with van der Waals surface area (Å²) in [5, 5.41) is 42.4. The maximum Gasteiger partial charge on any atom is 0.323 e. The highest BCUT2D eigenvalue weighted by atomic mass is 16.5. The molecule has 2 aromatic carbocycles. The molecule has 1 aliphatic heterocycles. The van der Waals surface area contributed by atoms with Crippen molar-refractivity contribution in [2.24, 2.45) is 5.73 Å². The number of benzene rings is 2. The average molecular weight is 1550 g/mol. The van der Waals surface area contributed by atoms with Gasteiger partial charge in [0.15, 0.2) is 0 Å². The lowest BCUT2D eigenvalue weighted by atomic mass is 9.80. The van der Waals surface area contributed by atoms with Crippen LogP contribution in [0.2, 0.25) is 0 Å². The monoisotopic (exact) mass is 1550 g/mol. The second-order valence-corrected chi connectivity index (χ2v) is 26.3. The number of carboxylic acids is 1. The van der Waals surface area contributed by atoms with Gasteiger partial charge in [0, 0.05) is 126 Å². The van der Waals surface area contributed by atoms with Gasteiger partial charge in [-0.15, -0.1) is 0 Å². The molecule has 0 bridgehead atoms. The fraction of sp³-hybridized carbons (Fsp3) is 0.526. The summed E-state index contributed by atoms with van der Waals surface area (Å²) in [6, 6.07) is 13.5. The first kappa shape index (κ1) is 90.6. The standard InChI is InChI=1S/C76H107N15O20/c1-53-13-3-4-15-57(53)89-75(107)85-56-23-20-54(21-24-56)51-67(98)87-59(17-6-10-36-79-61(92)25-22-55-14-12-35-78-52-55)72(104)88-60(18-11-19-70(101)102)73(105)90-76(33-7-2-8-34-76)74(106)84-41-46-111-50-49-110-44-39-82-63(94)27-26-62(93)81-38-43-108-47-48-109-45-40-83-64(95)28-29-66(97)86-58(71(77)103)16-5-9-37-80-65(96)32-42-91-68(99)30-31-69(91)100/h3-4,12-15,20-25,30-31,35,52,58-60H,2,5-11,16-19,26-29,32-34,36-51H2,1H3,(H2,77,103)(H,79,92)(H,80,96)(H,81,93)(H,82,94)(H,83,95)(H,84,106)(H,86,97)(H,87,98)(H,88,104)(H,90,105)(H,101,102)(H2,85,89,107)/b25-22+/t58-,59-,60-/m0/s1. The van der Waals surface area contributed by atoms with Crippen molar-refractivity contribution < 1.29 is 96.0 Å². The molecular weight excluding hydrogens is 1440 g/mol. The second kappa shape index (κ2) is 52.1. The lowest BCUT2D eigenvalue weighted by Gasteiger charge is -2.38. The molecule has 2 heterocycles. The van der Waals surface area contributed by atoms with Crippen molar-refractivity contribution in [3.05, 3.63) is 108 Å². The summed E-state index contributed by atoms with van der Waals surface area (Å²) in [7, 11) is 0. The van der Waals surface area contributed by atoms with E-state index in [0.717, 1.165) is 34.6 Å². The van der Waals surface area contributed by atoms with E-state index in [9.17, 15) is 77.0 Å². The fourth-order valence-electron chi connectivity index (χ4n) is 11.4. The lowest BCUT2D eigenvalue weighted by molar-refractivity contribution is -0.139. The minimum atomic E-state index is -1.37. The van der Waals surface area contributed by atoms with Crippen LogP contribution in [0.15, 0.2) is 91.3 Å². The summed E-state index contributed by atoms with van der Waals surface area (Å²) in [6.07, 6.45) is 11.9. The molecule has 1 aromatic heterocycles. The summed E-state index contributed by atoms with van der Waals surface area (Å²) < 4.78 is 22.1. The Hall–Kier alpha value is -11.0. The summed E-state index contributed by atoms with van der Waals surface area (Å²) in [6.45, 7) is 4.22. The van der Waals surface area contributed by atoms with Gasteiger partial charge in [-0.1, -0.05) is 55.7 Å². The number of para-hydroxylation sites is 1. The third-order valence-electron chi connectivity index (χ3n) is 17.5. The van der Waals surface area contributed by atoms with Gasteiger partial charge in [-0.05, 0) is 118 Å². The number of imide groups is 1. The normalized spacial score (nSPS) is 13.7. The quantitative estimate of drug-likeness (QED) is 0.0215. The minimum Gasteiger partial charge on any atom is -0.481 e. The smallest absolute Gasteiger partial charge is 0.323 e. The summed E-state index contributed by atoms with van der Waals surface area (Å²) in [4.78, 5) is 195. The van der Waals surface area contributed by atoms with Gasteiger partial charge in [-0.2, -0.15) is 0 Å². The Bertz CT molecular complexity index is 3590. The van der Waals surface area contributed by atoms with E-state index in [1.165, 1.54) is 6.08 Å². The van der Waals surface area contributed by atoms with Crippen LogP contribution in [0.25, 0.3) is 6.08 Å². The zero-order valence-electron chi connectivity index (χ0n) is 62.9. The van der Waals surface area contributed by atoms with Crippen molar-refractivity contribution >= 4 is 106 Å². The number of nitrogens with zero attached hydrogens (tertiary/aromatic N) is 2. The molecule has 5 rings (SSSR count). The van der Waals surface area contributed by atoms with E-state index < -0.39 is 88.8 Å². The number of carboxylic acid groups (broad SMARTS) is 1. The van der Waals surface area contributed by atoms with Gasteiger partial charge in [0.25, 0.3) is 11.8 Å². The van der Waals surface area contributed by atoms with Gasteiger partial charge in [0.2, 0.25) is 65.0 Å². The van der Waals surface area contributed by atoms with E-state index in [1.54, 1.807) is 67.0 Å². The highest BCUT2D eigenvalue weighted by molar-refractivity contribution is 6.13. The zero-order valence-corrected chi connectivity index (χ0v) is 62.9. The van der Waals surface area contributed by atoms with Crippen molar-refractivity contribution in [2.45, 2.75) is 159 Å². The van der Waals surface area contributed by atoms with E-state index in [2.05, 4.69) is 68.8 Å². The molecule has 15 N–H and O–H groups in total. The summed E-state index contributed by atoms with van der Waals surface area (Å²) >= 11 is 0. The van der Waals surface area contributed by atoms with E-state index in [4.69, 9.17) is 24.7 Å². The number of carbonyl (C=O) groups excluding carboxylic acids is 14. The lowest BCUT2D eigenvalue weighted by Crippen LogP contribution is -2.63. The van der Waals surface area contributed by atoms with Crippen LogP contribution in [0.4, 0.5) is 16.2 Å². The Morgan fingerprint density at radius 3 is 1.62 bits per heavy atom. The van der Waals surface area contributed by atoms with Crippen LogP contribution >= 0.6 is 0 Å². The Kier molecular flexibility index (Phi) is 42.5. The maximum atomic E-state index is 14.4. The largest absolute Gasteiger partial charge is 0.481 e. The van der Waals surface area contributed by atoms with Crippen LogP contribution in [0.1, 0.15) is 139 Å². The van der Waals surface area contributed by atoms with E-state index in [1.807, 2.05) is 19.1 Å². The first-order chi connectivity index (χ1) is 53.5. The van der Waals surface area contributed by atoms with Crippen LogP contribution in [0.5, 0.6) is 0 Å². The summed E-state index contributed by atoms with van der Waals surface area (Å²) in [5.41, 5.74) is 7.35. The first-order valence-electron chi connectivity index (χ1n) is 37.5. The van der Waals surface area contributed by atoms with E-state index >= 15 is 0 Å². The maximum absolute atomic E-state index is 14.4. The summed E-state index contributed by atoms with van der Waals surface area (Å²) in [5.74, 6) is -7.61. The SMILES string of the molecule is Cc1ccccc1NC(=O)Nc1ccc(CC(=O)N[C@@H](CCCCNC(=O)/C=C/c2cccnc2)C(=O)N[C@@H](CCCC(=O)O)C(=O)NC2(C(=O)NCCOCCOCCNC(=O)CCC(=O)NCCOCCOCCNC(=O)CCC(=O)N[C@@H](CCCCNC(=O)CCN3C(=O)C=CC3=O)C(N)=O)CCCCC2)cc1. The molecule has 3 atom stereocenters. The van der Waals surface area contributed by atoms with Gasteiger partial charge in [-0.3, -0.25) is 77.0 Å². The van der Waals surface area contributed by atoms with E-state index in [-0.39, 0.29) is 206 Å². The highest BCUT2D eigenvalue weighted by Gasteiger charge is 2.42. The molecule has 35 nitrogen and oxygen atoms in total. The molecule has 111 heavy (non-hydrogen) atoms. The molecule has 2 aliphatic rings. The molecule has 35 heteroatoms. The highest BCUT2D eigenvalue weighted by Crippen LogP contribution is 2.29. The van der Waals surface area contributed by atoms with Crippen LogP contribution < -0.4 is 69.5 Å². The number of unbranched alkanes of at least 4 members (excludes halogenated alkanes) is 2. The van der Waals surface area contributed by atoms with Crippen molar-refractivity contribution in [1.29, 1.82) is 0 Å². The number of primary amides is 1. The van der Waals surface area contributed by atoms with E-state index in [0.29, 0.717) is 55.5 Å². The molecule has 0 unspecified atom stereocenters. The predicted octanol–water partition coefficient (Wildman–Crippen LogP) is 1.28. The number of nitrogens with two attached hydrogens (primary N) is 1. The predicted molar refractivity (Wildman–Crippen MR) is 406 cm³/mol. The number of rotatable bonds is 55. The molecule has 0 saturated heterocycles. The number of ether oxygens (including phenoxy) is 4. The molecular formula is C76H107N15O20. The number of carbonyl (C=O) groups is 15. The van der Waals surface area contributed by atoms with Crippen LogP contribution in [0.3, 0.4) is 0 Å². The van der Waals surface area contributed by atoms with Crippen molar-refractivity contribution in [3.8, 4) is 0 Å². The molecule has 15 amide bonds. The average Bonchev–Trinajstić information content (AvgIpc) is 1.29. The number of amides is 15. The van der Waals surface area contributed by atoms with Crippen molar-refractivity contribution in [2.75, 3.05) is 109 Å². The number of anilines is 2. The number of hydrogen-bond acceptors (Lipinski definition) is 20. The number of aliphatic carboxylic acids is 1. The number of aryl methyl sites for hydroxylation is 1. The number of hydrogen-bond donors (Lipinski definition) is 14. The molecule has 1 saturated carbocycles. The molecule has 606 valence electrons. The first-order valence-corrected chi connectivity index (χ1v) is 37.5. The molecule has 1 fully saturated rings. The minimum absolute atomic E-state index is 0.0106. The number of pyridine rings is 1. The molecule has 0 spiro atoms. The molecule has 1 aliphatic carbocycles. The van der Waals surface area contributed by atoms with Gasteiger partial charge in [0.1, 0.15) is 23.7 Å². The van der Waals surface area contributed by atoms with Crippen LogP contribution in [-0.2, 0) is 92.5 Å². The van der Waals surface area contributed by atoms with Gasteiger partial charge in [-0.25, -0.2) is 4.79 Å². The third-order valence-corrected chi connectivity index (χ3v) is 17.5. The second-order valence-electron chi connectivity index (χ2n) is 26.3. The van der Waals surface area contributed by atoms with Crippen LogP contribution in [-0.4, -0.2) is 226 Å². The Labute approximate surface area is 644 Å². The van der Waals surface area contributed by atoms with Crippen molar-refractivity contribution in [1.82, 2.24) is 63.1 Å². The Morgan fingerprint density at radius 1 is 0.532 bits per heavy atom. The van der Waals surface area contributed by atoms with Gasteiger partial charge < -0.3 is 93.6 Å². The molecule has 3 aromatic rings. The van der Waals surface area contributed by atoms with Gasteiger partial charge >= 0.3 is 12.0 Å². The van der Waals surface area contributed by atoms with Crippen LogP contribution in [0, 0.1) is 6.92 Å². The molecule has 0 radical (unpaired) electrons. The number of nitrogens with one attached hydrogen (secondary N) is 12. The van der Waals surface area contributed by atoms with Gasteiger partial charge in [0.05, 0.1) is 59.3 Å². The fourth-order valence-corrected chi connectivity index (χ4v) is 11.4. The number of urea groups is 1. The third kappa shape index (κ3) is 38.2. The Morgan fingerprint density at radius 2 is 1.05 bits per heavy atom. The Balaban J connectivity index is 0.923. The topological polar surface area (TPSA) is 500 Å². The number of aromatic nitrogens is 1. The van der Waals surface area contributed by atoms with Crippen molar-refractivity contribution in [3.63, 3.8) is 0 Å².